The number of hydrogen-bond donors (Lipinski definition) is 0. The first-order valence-electron chi connectivity index (χ1n) is 23.1. The maximum atomic E-state index is 2.61. The maximum Gasteiger partial charge on any atom is 0.0155 e. The highest BCUT2D eigenvalue weighted by Gasteiger charge is 2.40. The summed E-state index contributed by atoms with van der Waals surface area (Å²) in [7, 11) is 0. The molecular weight excluding hydrogens is 733 g/mol. The molecule has 0 saturated carbocycles. The molecule has 0 nitrogen and oxygen atoms in total. The molecule has 3 aromatic rings. The van der Waals surface area contributed by atoms with Crippen LogP contribution in [0.15, 0.2) is 209 Å². The standard InChI is InChI=1S/C61H54/c1-61(2)55-27-15-14-18-45(55)46-37-36-44(38-56(46)61)60-53-25-12-10-23-51(53)59(52-24-11-13-26-54(52)60)43-34-30-40(31-35-43)39-28-32-42(33-29-39)58-49-21-8-6-19-47(49)57(41-16-4-3-5-17-41)48-20-7-9-22-50(48)58/h3-4,6-16,18-28,30,32,34,38,47,49,51,53H,5,17,29,31,33,35-37H2,1-2H3. The Bertz CT molecular complexity index is 3100. The van der Waals surface area contributed by atoms with Gasteiger partial charge in [-0.05, 0) is 150 Å². The van der Waals surface area contributed by atoms with E-state index in [0.717, 1.165) is 51.4 Å². The van der Waals surface area contributed by atoms with E-state index >= 15 is 0 Å². The van der Waals surface area contributed by atoms with Crippen molar-refractivity contribution in [1.29, 1.82) is 0 Å². The van der Waals surface area contributed by atoms with Gasteiger partial charge in [-0.25, -0.2) is 0 Å². The van der Waals surface area contributed by atoms with Crippen LogP contribution in [0.1, 0.15) is 76.3 Å². The maximum absolute atomic E-state index is 2.61. The van der Waals surface area contributed by atoms with Crippen LogP contribution in [-0.4, -0.2) is 0 Å². The highest BCUT2D eigenvalue weighted by molar-refractivity contribution is 5.88. The van der Waals surface area contributed by atoms with Gasteiger partial charge < -0.3 is 0 Å². The third-order valence-electron chi connectivity index (χ3n) is 15.6. The quantitative estimate of drug-likeness (QED) is 0.242. The fourth-order valence-electron chi connectivity index (χ4n) is 12.8. The lowest BCUT2D eigenvalue weighted by atomic mass is 9.67. The predicted molar refractivity (Wildman–Crippen MR) is 256 cm³/mol. The third-order valence-corrected chi connectivity index (χ3v) is 15.6. The molecule has 4 atom stereocenters. The van der Waals surface area contributed by atoms with Crippen LogP contribution in [0.2, 0.25) is 0 Å². The van der Waals surface area contributed by atoms with Gasteiger partial charge in [-0.1, -0.05) is 184 Å². The van der Waals surface area contributed by atoms with Crippen LogP contribution in [0, 0.1) is 23.7 Å². The Kier molecular flexibility index (Phi) is 8.81. The van der Waals surface area contributed by atoms with E-state index in [1.165, 1.54) is 87.7 Å². The number of rotatable bonds is 5. The molecule has 0 N–H and O–H groups in total. The highest BCUT2D eigenvalue weighted by atomic mass is 14.4. The van der Waals surface area contributed by atoms with Crippen molar-refractivity contribution in [3.8, 4) is 0 Å². The zero-order chi connectivity index (χ0) is 40.7. The third kappa shape index (κ3) is 5.85. The number of benzene rings is 3. The SMILES string of the molecule is CC1(C)C2=C(CCC(C3=c4ccccc4=C(C4=CC=C(C5=CC=C(C6=c7ccccc7=C(C7=CC=CCC7)C7C=CC=CC67)CC5)CC4)C4C=CC=CC34)=C2)c2ccccc21. The van der Waals surface area contributed by atoms with E-state index in [9.17, 15) is 0 Å². The molecule has 4 unspecified atom stereocenters. The van der Waals surface area contributed by atoms with Crippen molar-refractivity contribution in [2.24, 2.45) is 23.7 Å². The first kappa shape index (κ1) is 36.8. The summed E-state index contributed by atoms with van der Waals surface area (Å²) in [6.07, 6.45) is 47.4. The molecule has 0 aromatic heterocycles. The van der Waals surface area contributed by atoms with Crippen LogP contribution < -0.4 is 20.9 Å². The van der Waals surface area contributed by atoms with E-state index < -0.39 is 0 Å². The lowest BCUT2D eigenvalue weighted by Crippen LogP contribution is -2.41. The van der Waals surface area contributed by atoms with Crippen molar-refractivity contribution in [1.82, 2.24) is 0 Å². The first-order valence-corrected chi connectivity index (χ1v) is 23.1. The Morgan fingerprint density at radius 2 is 0.836 bits per heavy atom. The van der Waals surface area contributed by atoms with Crippen molar-refractivity contribution in [3.05, 3.63) is 241 Å². The number of hydrogen-bond acceptors (Lipinski definition) is 0. The van der Waals surface area contributed by atoms with Crippen LogP contribution in [0.3, 0.4) is 0 Å². The molecule has 0 heterocycles. The van der Waals surface area contributed by atoms with Gasteiger partial charge in [-0.3, -0.25) is 0 Å². The average molecular weight is 787 g/mol. The molecule has 0 aliphatic heterocycles. The summed E-state index contributed by atoms with van der Waals surface area (Å²) in [6.45, 7) is 4.86. The van der Waals surface area contributed by atoms with Gasteiger partial charge in [-0.15, -0.1) is 0 Å². The van der Waals surface area contributed by atoms with Gasteiger partial charge >= 0.3 is 0 Å². The normalized spacial score (nSPS) is 26.5. The van der Waals surface area contributed by atoms with Crippen LogP contribution in [-0.2, 0) is 5.41 Å². The Morgan fingerprint density at radius 1 is 0.410 bits per heavy atom. The second-order valence-corrected chi connectivity index (χ2v) is 19.0. The Hall–Kier alpha value is -5.98. The summed E-state index contributed by atoms with van der Waals surface area (Å²) in [4.78, 5) is 0. The molecule has 0 heteroatoms. The zero-order valence-electron chi connectivity index (χ0n) is 35.6. The molecule has 0 radical (unpaired) electrons. The zero-order valence-corrected chi connectivity index (χ0v) is 35.6. The monoisotopic (exact) mass is 786 g/mol. The summed E-state index contributed by atoms with van der Waals surface area (Å²) >= 11 is 0. The topological polar surface area (TPSA) is 0 Å². The van der Waals surface area contributed by atoms with Crippen LogP contribution in [0.5, 0.6) is 0 Å². The molecule has 298 valence electrons. The van der Waals surface area contributed by atoms with E-state index in [2.05, 4.69) is 184 Å². The molecule has 0 spiro atoms. The average Bonchev–Trinajstić information content (AvgIpc) is 3.55. The van der Waals surface area contributed by atoms with Crippen molar-refractivity contribution in [2.45, 2.75) is 70.6 Å². The molecule has 0 bridgehead atoms. The number of fused-ring (bicyclic) bond motifs is 6. The fraction of sp³-hybridized carbons (Fsp3) is 0.246. The summed E-state index contributed by atoms with van der Waals surface area (Å²) in [5, 5.41) is 5.75. The van der Waals surface area contributed by atoms with Crippen molar-refractivity contribution < 1.29 is 0 Å². The van der Waals surface area contributed by atoms with Crippen molar-refractivity contribution in [3.63, 3.8) is 0 Å². The molecule has 9 aliphatic carbocycles. The Morgan fingerprint density at radius 3 is 1.31 bits per heavy atom. The summed E-state index contributed by atoms with van der Waals surface area (Å²) < 4.78 is 0. The molecule has 61 heavy (non-hydrogen) atoms. The molecule has 0 amide bonds. The second-order valence-electron chi connectivity index (χ2n) is 19.0. The van der Waals surface area contributed by atoms with Crippen LogP contribution >= 0.6 is 0 Å². The Labute approximate surface area is 361 Å². The smallest absolute Gasteiger partial charge is 0.0155 e. The van der Waals surface area contributed by atoms with Gasteiger partial charge in [-0.2, -0.15) is 0 Å². The van der Waals surface area contributed by atoms with Gasteiger partial charge in [0.1, 0.15) is 0 Å². The van der Waals surface area contributed by atoms with Gasteiger partial charge in [0, 0.05) is 29.1 Å². The van der Waals surface area contributed by atoms with Gasteiger partial charge in [0.2, 0.25) is 0 Å². The van der Waals surface area contributed by atoms with E-state index in [0.29, 0.717) is 23.7 Å². The fourth-order valence-corrected chi connectivity index (χ4v) is 12.8. The van der Waals surface area contributed by atoms with Crippen LogP contribution in [0.25, 0.3) is 27.9 Å². The minimum Gasteiger partial charge on any atom is -0.0842 e. The van der Waals surface area contributed by atoms with Crippen molar-refractivity contribution in [2.75, 3.05) is 0 Å². The van der Waals surface area contributed by atoms with Gasteiger partial charge in [0.15, 0.2) is 0 Å². The molecule has 3 aromatic carbocycles. The summed E-state index contributed by atoms with van der Waals surface area (Å²) in [5.41, 5.74) is 21.4. The van der Waals surface area contributed by atoms with Crippen LogP contribution in [0.4, 0.5) is 0 Å². The van der Waals surface area contributed by atoms with E-state index in [1.807, 2.05) is 0 Å². The second kappa shape index (κ2) is 14.6. The molecule has 0 fully saturated rings. The molecule has 12 rings (SSSR count). The van der Waals surface area contributed by atoms with E-state index in [4.69, 9.17) is 0 Å². The van der Waals surface area contributed by atoms with Gasteiger partial charge in [0.25, 0.3) is 0 Å². The Balaban J connectivity index is 0.921. The summed E-state index contributed by atoms with van der Waals surface area (Å²) in [6, 6.07) is 27.8. The van der Waals surface area contributed by atoms with Gasteiger partial charge in [0.05, 0.1) is 0 Å². The van der Waals surface area contributed by atoms with E-state index in [1.54, 1.807) is 11.1 Å². The van der Waals surface area contributed by atoms with Crippen molar-refractivity contribution >= 4 is 27.9 Å². The summed E-state index contributed by atoms with van der Waals surface area (Å²) in [5.74, 6) is 1.44. The molecule has 0 saturated heterocycles. The molecular formula is C61H54. The minimum absolute atomic E-state index is 0.0221. The van der Waals surface area contributed by atoms with E-state index in [-0.39, 0.29) is 5.41 Å². The highest BCUT2D eigenvalue weighted by Crippen LogP contribution is 2.53. The minimum atomic E-state index is 0.0221. The largest absolute Gasteiger partial charge is 0.0842 e. The lowest BCUT2D eigenvalue weighted by molar-refractivity contribution is 0.646. The first-order chi connectivity index (χ1) is 30.0. The number of allylic oxidation sites excluding steroid dienone is 24. The predicted octanol–water partition coefficient (Wildman–Crippen LogP) is 11.8. The molecule has 9 aliphatic rings. The lowest BCUT2D eigenvalue weighted by Gasteiger charge is -2.37.